The highest BCUT2D eigenvalue weighted by atomic mass is 15.1. The van der Waals surface area contributed by atoms with Crippen LogP contribution in [0.2, 0.25) is 0 Å². The first-order valence-corrected chi connectivity index (χ1v) is 9.42. The highest BCUT2D eigenvalue weighted by Crippen LogP contribution is 2.53. The first-order valence-electron chi connectivity index (χ1n) is 9.42. The molecular weight excluding hydrogens is 256 g/mol. The van der Waals surface area contributed by atoms with E-state index in [1.807, 2.05) is 0 Å². The zero-order valence-corrected chi connectivity index (χ0v) is 15.0. The molecule has 0 atom stereocenters. The predicted molar refractivity (Wildman–Crippen MR) is 92.6 cm³/mol. The molecule has 1 aliphatic carbocycles. The minimum atomic E-state index is 0.761. The molecule has 0 aromatic carbocycles. The second-order valence-corrected chi connectivity index (χ2v) is 8.69. The first kappa shape index (κ1) is 17.3. The maximum absolute atomic E-state index is 3.60. The number of nitrogens with zero attached hydrogens (tertiary/aromatic N) is 1. The first-order chi connectivity index (χ1) is 9.99. The molecule has 2 heteroatoms. The second-order valence-electron chi connectivity index (χ2n) is 8.69. The van der Waals surface area contributed by atoms with E-state index in [-0.39, 0.29) is 0 Å². The molecule has 21 heavy (non-hydrogen) atoms. The van der Waals surface area contributed by atoms with Gasteiger partial charge in [-0.25, -0.2) is 0 Å². The van der Waals surface area contributed by atoms with Gasteiger partial charge in [-0.05, 0) is 94.4 Å². The van der Waals surface area contributed by atoms with Crippen molar-refractivity contribution in [1.29, 1.82) is 0 Å². The van der Waals surface area contributed by atoms with Crippen LogP contribution in [0.4, 0.5) is 0 Å². The van der Waals surface area contributed by atoms with Gasteiger partial charge in [0.1, 0.15) is 0 Å². The fourth-order valence-electron chi connectivity index (χ4n) is 4.17. The summed E-state index contributed by atoms with van der Waals surface area (Å²) in [7, 11) is 0. The van der Waals surface area contributed by atoms with Crippen LogP contribution in [0.1, 0.15) is 66.2 Å². The minimum absolute atomic E-state index is 0.761. The van der Waals surface area contributed by atoms with Crippen molar-refractivity contribution in [2.24, 2.45) is 23.2 Å². The van der Waals surface area contributed by atoms with Gasteiger partial charge in [0, 0.05) is 0 Å². The minimum Gasteiger partial charge on any atom is -0.316 e. The van der Waals surface area contributed by atoms with Crippen LogP contribution in [-0.4, -0.2) is 37.6 Å². The number of hydrogen-bond acceptors (Lipinski definition) is 2. The molecule has 0 unspecified atom stereocenters. The molecule has 124 valence electrons. The lowest BCUT2D eigenvalue weighted by Gasteiger charge is -2.52. The van der Waals surface area contributed by atoms with Gasteiger partial charge in [0.2, 0.25) is 0 Å². The Morgan fingerprint density at radius 1 is 1.05 bits per heavy atom. The summed E-state index contributed by atoms with van der Waals surface area (Å²) in [4.78, 5) is 2.71. The molecule has 0 aromatic rings. The van der Waals surface area contributed by atoms with Crippen molar-refractivity contribution in [2.75, 3.05) is 32.7 Å². The van der Waals surface area contributed by atoms with Crippen LogP contribution in [0, 0.1) is 23.2 Å². The fourth-order valence-corrected chi connectivity index (χ4v) is 4.17. The maximum atomic E-state index is 3.60. The number of nitrogens with one attached hydrogen (secondary N) is 1. The topological polar surface area (TPSA) is 15.3 Å². The Labute approximate surface area is 133 Å². The molecule has 1 N–H and O–H groups in total. The van der Waals surface area contributed by atoms with Crippen LogP contribution in [0.5, 0.6) is 0 Å². The molecule has 2 nitrogen and oxygen atoms in total. The molecule has 0 amide bonds. The van der Waals surface area contributed by atoms with Crippen molar-refractivity contribution in [2.45, 2.75) is 66.2 Å². The van der Waals surface area contributed by atoms with Crippen molar-refractivity contribution >= 4 is 0 Å². The molecule has 2 rings (SSSR count). The lowest BCUT2D eigenvalue weighted by atomic mass is 9.57. The lowest BCUT2D eigenvalue weighted by Crippen LogP contribution is -2.47. The van der Waals surface area contributed by atoms with E-state index >= 15 is 0 Å². The monoisotopic (exact) mass is 294 g/mol. The third-order valence-corrected chi connectivity index (χ3v) is 5.66. The normalized spacial score (nSPS) is 23.1. The second kappa shape index (κ2) is 7.97. The van der Waals surface area contributed by atoms with Gasteiger partial charge >= 0.3 is 0 Å². The van der Waals surface area contributed by atoms with E-state index in [1.54, 1.807) is 0 Å². The van der Waals surface area contributed by atoms with Crippen molar-refractivity contribution in [3.63, 3.8) is 0 Å². The number of likely N-dealkylation sites (tertiary alicyclic amines) is 1. The SMILES string of the molecule is CC(C)CCN1CCC2(CC1)CC(CCNCC(C)C)C2. The summed E-state index contributed by atoms with van der Waals surface area (Å²) in [6.45, 7) is 15.7. The van der Waals surface area contributed by atoms with E-state index in [4.69, 9.17) is 0 Å². The Morgan fingerprint density at radius 3 is 2.29 bits per heavy atom. The summed E-state index contributed by atoms with van der Waals surface area (Å²) >= 11 is 0. The zero-order chi connectivity index (χ0) is 15.3. The summed E-state index contributed by atoms with van der Waals surface area (Å²) in [6.07, 6.45) is 8.77. The molecule has 0 bridgehead atoms. The van der Waals surface area contributed by atoms with Crippen LogP contribution in [-0.2, 0) is 0 Å². The Bertz CT molecular complexity index is 282. The lowest BCUT2D eigenvalue weighted by molar-refractivity contribution is -0.0165. The number of hydrogen-bond donors (Lipinski definition) is 1. The van der Waals surface area contributed by atoms with E-state index < -0.39 is 0 Å². The molecule has 2 fully saturated rings. The predicted octanol–water partition coefficient (Wildman–Crippen LogP) is 4.16. The molecule has 1 heterocycles. The Kier molecular flexibility index (Phi) is 6.55. The fraction of sp³-hybridized carbons (Fsp3) is 1.00. The molecule has 1 saturated carbocycles. The third kappa shape index (κ3) is 5.56. The number of rotatable bonds is 8. The molecular formula is C19H38N2. The summed E-state index contributed by atoms with van der Waals surface area (Å²) in [5.41, 5.74) is 0.761. The highest BCUT2D eigenvalue weighted by Gasteiger charge is 2.44. The Morgan fingerprint density at radius 2 is 1.71 bits per heavy atom. The zero-order valence-electron chi connectivity index (χ0n) is 15.0. The maximum Gasteiger partial charge on any atom is -0.00134 e. The van der Waals surface area contributed by atoms with Gasteiger partial charge in [0.05, 0.1) is 0 Å². The summed E-state index contributed by atoms with van der Waals surface area (Å²) < 4.78 is 0. The molecule has 1 spiro atoms. The van der Waals surface area contributed by atoms with Crippen LogP contribution >= 0.6 is 0 Å². The van der Waals surface area contributed by atoms with Gasteiger partial charge in [-0.1, -0.05) is 27.7 Å². The Hall–Kier alpha value is -0.0800. The molecule has 0 radical (unpaired) electrons. The van der Waals surface area contributed by atoms with Gasteiger partial charge in [0.15, 0.2) is 0 Å². The molecule has 2 aliphatic rings. The van der Waals surface area contributed by atoms with E-state index in [2.05, 4.69) is 37.9 Å². The average Bonchev–Trinajstić information content (AvgIpc) is 2.40. The standard InChI is InChI=1S/C19H38N2/c1-16(2)6-10-21-11-7-19(8-12-21)13-18(14-19)5-9-20-15-17(3)4/h16-18,20H,5-15H2,1-4H3. The van der Waals surface area contributed by atoms with Crippen LogP contribution in [0.3, 0.4) is 0 Å². The summed E-state index contributed by atoms with van der Waals surface area (Å²) in [6, 6.07) is 0. The molecule has 1 aliphatic heterocycles. The van der Waals surface area contributed by atoms with Gasteiger partial charge < -0.3 is 10.2 Å². The average molecular weight is 295 g/mol. The van der Waals surface area contributed by atoms with Crippen molar-refractivity contribution in [3.8, 4) is 0 Å². The van der Waals surface area contributed by atoms with E-state index in [0.717, 1.165) is 23.2 Å². The Balaban J connectivity index is 1.55. The van der Waals surface area contributed by atoms with Crippen molar-refractivity contribution in [3.05, 3.63) is 0 Å². The van der Waals surface area contributed by atoms with Gasteiger partial charge in [0.25, 0.3) is 0 Å². The highest BCUT2D eigenvalue weighted by molar-refractivity contribution is 4.97. The van der Waals surface area contributed by atoms with E-state index in [1.165, 1.54) is 71.2 Å². The summed E-state index contributed by atoms with van der Waals surface area (Å²) in [5, 5.41) is 3.60. The van der Waals surface area contributed by atoms with Gasteiger partial charge in [-0.15, -0.1) is 0 Å². The van der Waals surface area contributed by atoms with Gasteiger partial charge in [-0.3, -0.25) is 0 Å². The third-order valence-electron chi connectivity index (χ3n) is 5.66. The molecule has 1 saturated heterocycles. The smallest absolute Gasteiger partial charge is 0.00134 e. The van der Waals surface area contributed by atoms with Crippen molar-refractivity contribution in [1.82, 2.24) is 10.2 Å². The van der Waals surface area contributed by atoms with Crippen LogP contribution in [0.15, 0.2) is 0 Å². The van der Waals surface area contributed by atoms with E-state index in [0.29, 0.717) is 0 Å². The van der Waals surface area contributed by atoms with Crippen LogP contribution in [0.25, 0.3) is 0 Å². The van der Waals surface area contributed by atoms with E-state index in [9.17, 15) is 0 Å². The van der Waals surface area contributed by atoms with Crippen molar-refractivity contribution < 1.29 is 0 Å². The van der Waals surface area contributed by atoms with Gasteiger partial charge in [-0.2, -0.15) is 0 Å². The number of piperidine rings is 1. The largest absolute Gasteiger partial charge is 0.316 e. The molecule has 0 aromatic heterocycles. The quantitative estimate of drug-likeness (QED) is 0.676. The van der Waals surface area contributed by atoms with Crippen LogP contribution < -0.4 is 5.32 Å². The summed E-state index contributed by atoms with van der Waals surface area (Å²) in [5.74, 6) is 2.66.